The first kappa shape index (κ1) is 22.9. The zero-order valence-corrected chi connectivity index (χ0v) is 18.8. The molecule has 31 heavy (non-hydrogen) atoms. The van der Waals surface area contributed by atoms with Crippen molar-refractivity contribution in [2.24, 2.45) is 4.99 Å². The number of methoxy groups -OCH3 is 2. The predicted octanol–water partition coefficient (Wildman–Crippen LogP) is 2.79. The quantitative estimate of drug-likeness (QED) is 0.475. The number of guanidine groups is 1. The molecule has 0 spiro atoms. The molecule has 2 N–H and O–H groups in total. The van der Waals surface area contributed by atoms with Gasteiger partial charge in [0.25, 0.3) is 0 Å². The van der Waals surface area contributed by atoms with Crippen LogP contribution in [0.4, 0.5) is 0 Å². The largest absolute Gasteiger partial charge is 0.497 e. The maximum absolute atomic E-state index is 5.49. The van der Waals surface area contributed by atoms with E-state index in [-0.39, 0.29) is 0 Å². The molecule has 168 valence electrons. The van der Waals surface area contributed by atoms with E-state index in [0.29, 0.717) is 13.1 Å². The molecule has 0 saturated carbocycles. The van der Waals surface area contributed by atoms with Gasteiger partial charge in [-0.2, -0.15) is 0 Å². The second-order valence-corrected chi connectivity index (χ2v) is 7.43. The summed E-state index contributed by atoms with van der Waals surface area (Å²) in [5.41, 5.74) is 3.56. The number of hydrogen-bond acceptors (Lipinski definition) is 5. The summed E-state index contributed by atoms with van der Waals surface area (Å²) in [5, 5.41) is 6.71. The highest BCUT2D eigenvalue weighted by atomic mass is 16.5. The van der Waals surface area contributed by atoms with Crippen molar-refractivity contribution in [1.29, 1.82) is 0 Å². The van der Waals surface area contributed by atoms with Gasteiger partial charge in [-0.05, 0) is 30.2 Å². The van der Waals surface area contributed by atoms with Gasteiger partial charge in [0.15, 0.2) is 5.96 Å². The molecule has 0 radical (unpaired) electrons. The minimum atomic E-state index is 0.607. The highest BCUT2D eigenvalue weighted by Gasteiger charge is 2.11. The van der Waals surface area contributed by atoms with E-state index >= 15 is 0 Å². The Balaban J connectivity index is 1.61. The lowest BCUT2D eigenvalue weighted by Crippen LogP contribution is -2.36. The van der Waals surface area contributed by atoms with Crippen molar-refractivity contribution >= 4 is 5.96 Å². The van der Waals surface area contributed by atoms with Crippen molar-refractivity contribution in [2.45, 2.75) is 26.6 Å². The first-order valence-electron chi connectivity index (χ1n) is 10.8. The van der Waals surface area contributed by atoms with E-state index in [1.807, 2.05) is 18.2 Å². The topological polar surface area (TPSA) is 67.4 Å². The summed E-state index contributed by atoms with van der Waals surface area (Å²) in [4.78, 5) is 7.20. The number of ether oxygens (including phenoxy) is 3. The van der Waals surface area contributed by atoms with Crippen LogP contribution in [0.25, 0.3) is 0 Å². The molecule has 0 bridgehead atoms. The third kappa shape index (κ3) is 7.15. The summed E-state index contributed by atoms with van der Waals surface area (Å²) in [6.07, 6.45) is 0. The number of aliphatic imine (C=N–C) groups is 1. The van der Waals surface area contributed by atoms with Gasteiger partial charge in [0.2, 0.25) is 0 Å². The molecule has 7 heteroatoms. The molecule has 1 heterocycles. The van der Waals surface area contributed by atoms with Gasteiger partial charge in [0.1, 0.15) is 11.5 Å². The van der Waals surface area contributed by atoms with Crippen LogP contribution in [0.15, 0.2) is 47.5 Å². The molecular weight excluding hydrogens is 392 g/mol. The molecule has 1 aliphatic rings. The van der Waals surface area contributed by atoms with Crippen molar-refractivity contribution in [1.82, 2.24) is 15.5 Å². The van der Waals surface area contributed by atoms with Gasteiger partial charge in [-0.1, -0.05) is 24.3 Å². The lowest BCUT2D eigenvalue weighted by Gasteiger charge is -2.26. The zero-order valence-electron chi connectivity index (χ0n) is 18.8. The van der Waals surface area contributed by atoms with Crippen LogP contribution in [0.1, 0.15) is 23.6 Å². The zero-order chi connectivity index (χ0) is 21.9. The fraction of sp³-hybridized carbons (Fsp3) is 0.458. The summed E-state index contributed by atoms with van der Waals surface area (Å²) < 4.78 is 16.2. The van der Waals surface area contributed by atoms with E-state index in [1.165, 1.54) is 11.1 Å². The number of nitrogens with one attached hydrogen (secondary N) is 2. The molecule has 7 nitrogen and oxygen atoms in total. The van der Waals surface area contributed by atoms with Crippen molar-refractivity contribution in [3.05, 3.63) is 59.2 Å². The maximum Gasteiger partial charge on any atom is 0.191 e. The number of rotatable bonds is 9. The Hall–Kier alpha value is -2.77. The van der Waals surface area contributed by atoms with E-state index in [0.717, 1.165) is 62.4 Å². The smallest absolute Gasteiger partial charge is 0.191 e. The van der Waals surface area contributed by atoms with Crippen molar-refractivity contribution in [3.8, 4) is 11.5 Å². The van der Waals surface area contributed by atoms with Crippen LogP contribution in [0.2, 0.25) is 0 Å². The Labute approximate surface area is 185 Å². The van der Waals surface area contributed by atoms with Crippen LogP contribution in [-0.4, -0.2) is 57.9 Å². The third-order valence-electron chi connectivity index (χ3n) is 5.21. The summed E-state index contributed by atoms with van der Waals surface area (Å²) in [6.45, 7) is 8.66. The molecule has 0 aliphatic carbocycles. The lowest BCUT2D eigenvalue weighted by atomic mass is 10.1. The molecule has 2 aromatic carbocycles. The second kappa shape index (κ2) is 12.2. The maximum atomic E-state index is 5.49. The van der Waals surface area contributed by atoms with Gasteiger partial charge in [-0.25, -0.2) is 4.99 Å². The van der Waals surface area contributed by atoms with Crippen LogP contribution < -0.4 is 20.1 Å². The SMILES string of the molecule is CCNC(=NCc1cccc(CN2CCOCC2)c1)NCc1ccc(OC)cc1OC. The number of morpholine rings is 1. The Kier molecular flexibility index (Phi) is 8.99. The molecular formula is C24H34N4O3. The Morgan fingerprint density at radius 3 is 2.58 bits per heavy atom. The fourth-order valence-corrected chi connectivity index (χ4v) is 3.53. The number of benzene rings is 2. The monoisotopic (exact) mass is 426 g/mol. The van der Waals surface area contributed by atoms with Crippen LogP contribution in [-0.2, 0) is 24.4 Å². The average molecular weight is 427 g/mol. The summed E-state index contributed by atoms with van der Waals surface area (Å²) in [5.74, 6) is 2.34. The highest BCUT2D eigenvalue weighted by Crippen LogP contribution is 2.24. The first-order valence-corrected chi connectivity index (χ1v) is 10.8. The van der Waals surface area contributed by atoms with Crippen molar-refractivity contribution in [2.75, 3.05) is 47.1 Å². The number of nitrogens with zero attached hydrogens (tertiary/aromatic N) is 2. The first-order chi connectivity index (χ1) is 15.2. The molecule has 0 aromatic heterocycles. The van der Waals surface area contributed by atoms with E-state index in [2.05, 4.69) is 46.7 Å². The van der Waals surface area contributed by atoms with E-state index in [4.69, 9.17) is 19.2 Å². The van der Waals surface area contributed by atoms with Gasteiger partial charge in [0, 0.05) is 44.4 Å². The van der Waals surface area contributed by atoms with Crippen molar-refractivity contribution in [3.63, 3.8) is 0 Å². The van der Waals surface area contributed by atoms with Crippen LogP contribution in [0.3, 0.4) is 0 Å². The summed E-state index contributed by atoms with van der Waals surface area (Å²) in [7, 11) is 3.32. The molecule has 1 fully saturated rings. The molecule has 1 aliphatic heterocycles. The van der Waals surface area contributed by atoms with Crippen LogP contribution in [0.5, 0.6) is 11.5 Å². The fourth-order valence-electron chi connectivity index (χ4n) is 3.53. The van der Waals surface area contributed by atoms with Gasteiger partial charge in [0.05, 0.1) is 34.0 Å². The van der Waals surface area contributed by atoms with E-state index < -0.39 is 0 Å². The summed E-state index contributed by atoms with van der Waals surface area (Å²) in [6, 6.07) is 14.5. The minimum absolute atomic E-state index is 0.607. The van der Waals surface area contributed by atoms with Gasteiger partial charge >= 0.3 is 0 Å². The van der Waals surface area contributed by atoms with Crippen LogP contribution in [0, 0.1) is 0 Å². The Morgan fingerprint density at radius 1 is 1.03 bits per heavy atom. The predicted molar refractivity (Wildman–Crippen MR) is 124 cm³/mol. The third-order valence-corrected chi connectivity index (χ3v) is 5.21. The standard InChI is InChI=1S/C24H34N4O3/c1-4-25-24(27-17-21-8-9-22(29-2)15-23(21)30-3)26-16-19-6-5-7-20(14-19)18-28-10-12-31-13-11-28/h5-9,14-15H,4,10-13,16-18H2,1-3H3,(H2,25,26,27). The van der Waals surface area contributed by atoms with E-state index in [1.54, 1.807) is 14.2 Å². The summed E-state index contributed by atoms with van der Waals surface area (Å²) >= 11 is 0. The highest BCUT2D eigenvalue weighted by molar-refractivity contribution is 5.79. The molecule has 2 aromatic rings. The van der Waals surface area contributed by atoms with E-state index in [9.17, 15) is 0 Å². The molecule has 0 atom stereocenters. The Bertz CT molecular complexity index is 850. The molecule has 3 rings (SSSR count). The average Bonchev–Trinajstić information content (AvgIpc) is 2.81. The second-order valence-electron chi connectivity index (χ2n) is 7.43. The van der Waals surface area contributed by atoms with Crippen molar-refractivity contribution < 1.29 is 14.2 Å². The molecule has 0 amide bonds. The van der Waals surface area contributed by atoms with Gasteiger partial charge in [-0.15, -0.1) is 0 Å². The lowest BCUT2D eigenvalue weighted by molar-refractivity contribution is 0.0342. The Morgan fingerprint density at radius 2 is 1.84 bits per heavy atom. The van der Waals surface area contributed by atoms with Crippen LogP contribution >= 0.6 is 0 Å². The molecule has 0 unspecified atom stereocenters. The van der Waals surface area contributed by atoms with Gasteiger partial charge < -0.3 is 24.8 Å². The minimum Gasteiger partial charge on any atom is -0.497 e. The number of hydrogen-bond donors (Lipinski definition) is 2. The van der Waals surface area contributed by atoms with Gasteiger partial charge in [-0.3, -0.25) is 4.90 Å². The molecule has 1 saturated heterocycles. The normalized spacial score (nSPS) is 14.9.